The summed E-state index contributed by atoms with van der Waals surface area (Å²) < 4.78 is 33.0. The Balaban J connectivity index is 1.39. The molecule has 1 unspecified atom stereocenters. The fraction of sp³-hybridized carbons (Fsp3) is 0.524. The summed E-state index contributed by atoms with van der Waals surface area (Å²) in [6, 6.07) is 6.85. The molecule has 4 rings (SSSR count). The number of ether oxygens (including phenoxy) is 3. The molecular weight excluding hydrogens is 363 g/mol. The molecule has 150 valence electrons. The number of halogens is 1. The lowest BCUT2D eigenvalue weighted by molar-refractivity contribution is 0.143. The smallest absolute Gasteiger partial charge is 0.300 e. The molecule has 0 N–H and O–H groups in total. The van der Waals surface area contributed by atoms with Crippen molar-refractivity contribution in [1.82, 2.24) is 9.55 Å². The van der Waals surface area contributed by atoms with Gasteiger partial charge in [0, 0.05) is 19.2 Å². The van der Waals surface area contributed by atoms with Gasteiger partial charge in [0.1, 0.15) is 18.2 Å². The molecule has 1 fully saturated rings. The highest BCUT2D eigenvalue weighted by atomic mass is 19.1. The van der Waals surface area contributed by atoms with Crippen LogP contribution in [0.1, 0.15) is 49.3 Å². The van der Waals surface area contributed by atoms with Crippen molar-refractivity contribution < 1.29 is 18.6 Å². The van der Waals surface area contributed by atoms with Crippen LogP contribution in [0.5, 0.6) is 11.8 Å². The first kappa shape index (κ1) is 18.9. The number of rotatable bonds is 6. The van der Waals surface area contributed by atoms with E-state index in [0.717, 1.165) is 18.4 Å². The maximum Gasteiger partial charge on any atom is 0.300 e. The molecule has 0 bridgehead atoms. The second-order valence-corrected chi connectivity index (χ2v) is 7.48. The zero-order valence-corrected chi connectivity index (χ0v) is 16.0. The third-order valence-electron chi connectivity index (χ3n) is 5.48. The van der Waals surface area contributed by atoms with Crippen molar-refractivity contribution in [3.8, 4) is 11.8 Å². The minimum absolute atomic E-state index is 0.200. The summed E-state index contributed by atoms with van der Waals surface area (Å²) in [6.45, 7) is 1.05. The van der Waals surface area contributed by atoms with E-state index in [1.165, 1.54) is 31.4 Å². The Labute approximate surface area is 163 Å². The number of benzene rings is 1. The number of aromatic nitrogens is 2. The maximum absolute atomic E-state index is 14.6. The van der Waals surface area contributed by atoms with Gasteiger partial charge in [-0.3, -0.25) is 9.36 Å². The topological polar surface area (TPSA) is 62.6 Å². The van der Waals surface area contributed by atoms with Gasteiger partial charge in [0.15, 0.2) is 6.10 Å². The fourth-order valence-corrected chi connectivity index (χ4v) is 4.09. The molecule has 2 aliphatic rings. The molecule has 1 aliphatic heterocycles. The summed E-state index contributed by atoms with van der Waals surface area (Å²) in [6.07, 6.45) is 5.40. The first-order chi connectivity index (χ1) is 13.6. The average molecular weight is 388 g/mol. The Morgan fingerprint density at radius 2 is 2.07 bits per heavy atom. The lowest BCUT2D eigenvalue weighted by Crippen LogP contribution is -2.23. The van der Waals surface area contributed by atoms with Gasteiger partial charge < -0.3 is 14.2 Å². The Morgan fingerprint density at radius 1 is 1.25 bits per heavy atom. The monoisotopic (exact) mass is 388 g/mol. The van der Waals surface area contributed by atoms with Crippen LogP contribution in [0.2, 0.25) is 0 Å². The molecule has 0 amide bonds. The SMILES string of the molecule is COCc1cc(=O)nc2n1CC(COc1ccc(C3CCCCC3)c(F)c1)O2. The normalized spacial score (nSPS) is 19.3. The Morgan fingerprint density at radius 3 is 2.82 bits per heavy atom. The summed E-state index contributed by atoms with van der Waals surface area (Å²) in [5, 5.41) is 0. The van der Waals surface area contributed by atoms with E-state index >= 15 is 0 Å². The minimum Gasteiger partial charge on any atom is -0.490 e. The molecule has 1 saturated carbocycles. The summed E-state index contributed by atoms with van der Waals surface area (Å²) in [5.41, 5.74) is 1.15. The molecular formula is C21H25FN2O4. The van der Waals surface area contributed by atoms with Crippen LogP contribution in [0.4, 0.5) is 4.39 Å². The number of hydrogen-bond donors (Lipinski definition) is 0. The van der Waals surface area contributed by atoms with Crippen LogP contribution in [-0.2, 0) is 17.9 Å². The van der Waals surface area contributed by atoms with Crippen LogP contribution in [0.3, 0.4) is 0 Å². The quantitative estimate of drug-likeness (QED) is 0.759. The van der Waals surface area contributed by atoms with Crippen molar-refractivity contribution in [3.05, 3.63) is 51.7 Å². The minimum atomic E-state index is -0.361. The van der Waals surface area contributed by atoms with E-state index in [0.29, 0.717) is 30.5 Å². The summed E-state index contributed by atoms with van der Waals surface area (Å²) in [5.74, 6) is 0.601. The van der Waals surface area contributed by atoms with E-state index in [1.807, 2.05) is 16.7 Å². The van der Waals surface area contributed by atoms with Gasteiger partial charge in [-0.15, -0.1) is 0 Å². The lowest BCUT2D eigenvalue weighted by atomic mass is 9.84. The van der Waals surface area contributed by atoms with E-state index in [9.17, 15) is 9.18 Å². The molecule has 7 heteroatoms. The lowest BCUT2D eigenvalue weighted by Gasteiger charge is -2.22. The highest BCUT2D eigenvalue weighted by Crippen LogP contribution is 2.35. The number of hydrogen-bond acceptors (Lipinski definition) is 5. The van der Waals surface area contributed by atoms with E-state index < -0.39 is 0 Å². The summed E-state index contributed by atoms with van der Waals surface area (Å²) in [7, 11) is 1.57. The van der Waals surface area contributed by atoms with Crippen LogP contribution in [-0.4, -0.2) is 29.4 Å². The molecule has 2 heterocycles. The van der Waals surface area contributed by atoms with Gasteiger partial charge in [-0.25, -0.2) is 4.39 Å². The number of nitrogens with zero attached hydrogens (tertiary/aromatic N) is 2. The van der Waals surface area contributed by atoms with Crippen LogP contribution in [0.15, 0.2) is 29.1 Å². The molecule has 0 radical (unpaired) electrons. The van der Waals surface area contributed by atoms with Crippen LogP contribution < -0.4 is 15.0 Å². The van der Waals surface area contributed by atoms with Gasteiger partial charge in [-0.05, 0) is 30.4 Å². The van der Waals surface area contributed by atoms with Crippen molar-refractivity contribution in [1.29, 1.82) is 0 Å². The molecule has 1 aromatic heterocycles. The Bertz CT molecular complexity index is 892. The predicted octanol–water partition coefficient (Wildman–Crippen LogP) is 3.42. The van der Waals surface area contributed by atoms with Crippen molar-refractivity contribution in [2.45, 2.75) is 57.3 Å². The molecule has 1 aliphatic carbocycles. The zero-order valence-electron chi connectivity index (χ0n) is 16.0. The molecule has 2 aromatic rings. The van der Waals surface area contributed by atoms with Gasteiger partial charge in [0.2, 0.25) is 0 Å². The molecule has 0 spiro atoms. The van der Waals surface area contributed by atoms with Crippen molar-refractivity contribution in [2.75, 3.05) is 13.7 Å². The van der Waals surface area contributed by atoms with E-state index in [-0.39, 0.29) is 30.1 Å². The summed E-state index contributed by atoms with van der Waals surface area (Å²) >= 11 is 0. The van der Waals surface area contributed by atoms with Gasteiger partial charge in [-0.2, -0.15) is 4.98 Å². The Hall–Kier alpha value is -2.41. The maximum atomic E-state index is 14.6. The first-order valence-corrected chi connectivity index (χ1v) is 9.82. The molecule has 0 saturated heterocycles. The van der Waals surface area contributed by atoms with Crippen molar-refractivity contribution >= 4 is 0 Å². The highest BCUT2D eigenvalue weighted by molar-refractivity contribution is 5.31. The standard InChI is InChI=1S/C21H25FN2O4/c1-26-12-15-9-20(25)23-21-24(15)11-17(28-21)13-27-16-7-8-18(19(22)10-16)14-5-3-2-4-6-14/h7-10,14,17H,2-6,11-13H2,1H3. The molecule has 6 nitrogen and oxygen atoms in total. The van der Waals surface area contributed by atoms with Gasteiger partial charge in [-0.1, -0.05) is 25.3 Å². The van der Waals surface area contributed by atoms with Crippen LogP contribution in [0, 0.1) is 5.82 Å². The third kappa shape index (κ3) is 4.04. The summed E-state index contributed by atoms with van der Waals surface area (Å²) in [4.78, 5) is 15.6. The number of methoxy groups -OCH3 is 1. The van der Waals surface area contributed by atoms with Crippen molar-refractivity contribution in [3.63, 3.8) is 0 Å². The zero-order chi connectivity index (χ0) is 19.5. The van der Waals surface area contributed by atoms with Gasteiger partial charge >= 0.3 is 6.01 Å². The molecule has 1 aromatic carbocycles. The van der Waals surface area contributed by atoms with E-state index in [1.54, 1.807) is 7.11 Å². The van der Waals surface area contributed by atoms with Gasteiger partial charge in [0.25, 0.3) is 5.56 Å². The van der Waals surface area contributed by atoms with E-state index in [4.69, 9.17) is 14.2 Å². The van der Waals surface area contributed by atoms with E-state index in [2.05, 4.69) is 4.98 Å². The predicted molar refractivity (Wildman–Crippen MR) is 101 cm³/mol. The van der Waals surface area contributed by atoms with Gasteiger partial charge in [0.05, 0.1) is 18.8 Å². The fourth-order valence-electron chi connectivity index (χ4n) is 4.09. The highest BCUT2D eigenvalue weighted by Gasteiger charge is 2.27. The van der Waals surface area contributed by atoms with Crippen molar-refractivity contribution in [2.24, 2.45) is 0 Å². The number of fused-ring (bicyclic) bond motifs is 1. The van der Waals surface area contributed by atoms with Crippen LogP contribution in [0.25, 0.3) is 0 Å². The first-order valence-electron chi connectivity index (χ1n) is 9.82. The molecule has 1 atom stereocenters. The van der Waals surface area contributed by atoms with Crippen LogP contribution >= 0.6 is 0 Å². The third-order valence-corrected chi connectivity index (χ3v) is 5.48. The molecule has 28 heavy (non-hydrogen) atoms. The second-order valence-electron chi connectivity index (χ2n) is 7.48. The largest absolute Gasteiger partial charge is 0.490 e. The second kappa shape index (κ2) is 8.31. The Kier molecular flexibility index (Phi) is 5.62. The average Bonchev–Trinajstić information content (AvgIpc) is 3.10.